The lowest BCUT2D eigenvalue weighted by Gasteiger charge is -2.13. The molecular formula is C23H20N4O4S. The summed E-state index contributed by atoms with van der Waals surface area (Å²) in [5, 5.41) is 16.5. The van der Waals surface area contributed by atoms with Gasteiger partial charge in [0.15, 0.2) is 5.75 Å². The van der Waals surface area contributed by atoms with Gasteiger partial charge in [-0.25, -0.2) is 4.98 Å². The fourth-order valence-electron chi connectivity index (χ4n) is 3.12. The SMILES string of the molecule is COc1cc(/C=N\Nc2nc3ccccc3s2)cc([N+](=O)[O-])c1OCc1ccccc1C. The minimum absolute atomic E-state index is 0.0806. The highest BCUT2D eigenvalue weighted by Crippen LogP contribution is 2.38. The van der Waals surface area contributed by atoms with Crippen molar-refractivity contribution < 1.29 is 14.4 Å². The summed E-state index contributed by atoms with van der Waals surface area (Å²) >= 11 is 1.47. The Morgan fingerprint density at radius 2 is 1.97 bits per heavy atom. The average molecular weight is 449 g/mol. The number of para-hydroxylation sites is 1. The number of fused-ring (bicyclic) bond motifs is 1. The number of nitrogens with one attached hydrogen (secondary N) is 1. The normalized spacial score (nSPS) is 11.1. The van der Waals surface area contributed by atoms with Gasteiger partial charge in [-0.1, -0.05) is 47.7 Å². The average Bonchev–Trinajstić information content (AvgIpc) is 3.21. The van der Waals surface area contributed by atoms with E-state index in [1.54, 1.807) is 6.07 Å². The van der Waals surface area contributed by atoms with Crippen LogP contribution >= 0.6 is 11.3 Å². The van der Waals surface area contributed by atoms with Crippen molar-refractivity contribution in [3.05, 3.63) is 87.5 Å². The quantitative estimate of drug-likeness (QED) is 0.216. The lowest BCUT2D eigenvalue weighted by molar-refractivity contribution is -0.386. The van der Waals surface area contributed by atoms with Gasteiger partial charge in [-0.05, 0) is 36.2 Å². The van der Waals surface area contributed by atoms with Gasteiger partial charge in [-0.2, -0.15) is 5.10 Å². The van der Waals surface area contributed by atoms with Gasteiger partial charge in [-0.3, -0.25) is 15.5 Å². The predicted molar refractivity (Wildman–Crippen MR) is 126 cm³/mol. The molecule has 0 aliphatic heterocycles. The number of rotatable bonds is 8. The highest BCUT2D eigenvalue weighted by molar-refractivity contribution is 7.22. The van der Waals surface area contributed by atoms with Crippen molar-refractivity contribution in [1.82, 2.24) is 4.98 Å². The molecule has 3 aromatic carbocycles. The minimum Gasteiger partial charge on any atom is -0.493 e. The van der Waals surface area contributed by atoms with Crippen molar-refractivity contribution in [1.29, 1.82) is 0 Å². The third-order valence-electron chi connectivity index (χ3n) is 4.78. The summed E-state index contributed by atoms with van der Waals surface area (Å²) in [5.74, 6) is 0.339. The van der Waals surface area contributed by atoms with Crippen LogP contribution in [0.4, 0.5) is 10.8 Å². The van der Waals surface area contributed by atoms with E-state index < -0.39 is 4.92 Å². The van der Waals surface area contributed by atoms with E-state index in [9.17, 15) is 10.1 Å². The third kappa shape index (κ3) is 4.68. The standard InChI is InChI=1S/C23H20N4O4S/c1-15-7-3-4-8-17(15)14-31-22-19(27(28)29)11-16(12-20(22)30-2)13-24-26-23-25-18-9-5-6-10-21(18)32-23/h3-13H,14H2,1-2H3,(H,25,26)/b24-13-. The van der Waals surface area contributed by atoms with Crippen molar-refractivity contribution in [3.63, 3.8) is 0 Å². The number of aromatic nitrogens is 1. The first-order chi connectivity index (χ1) is 15.5. The molecule has 0 saturated heterocycles. The van der Waals surface area contributed by atoms with Crippen LogP contribution < -0.4 is 14.9 Å². The van der Waals surface area contributed by atoms with Gasteiger partial charge in [0.2, 0.25) is 10.9 Å². The zero-order valence-electron chi connectivity index (χ0n) is 17.4. The number of ether oxygens (including phenoxy) is 2. The maximum Gasteiger partial charge on any atom is 0.315 e. The molecule has 32 heavy (non-hydrogen) atoms. The Bertz CT molecular complexity index is 1270. The molecule has 1 heterocycles. The molecule has 8 nitrogen and oxygen atoms in total. The Kier molecular flexibility index (Phi) is 6.27. The molecule has 0 bridgehead atoms. The minimum atomic E-state index is -0.492. The summed E-state index contributed by atoms with van der Waals surface area (Å²) in [5.41, 5.74) is 6.02. The van der Waals surface area contributed by atoms with Crippen LogP contribution in [-0.2, 0) is 6.61 Å². The molecule has 0 spiro atoms. The molecular weight excluding hydrogens is 428 g/mol. The molecule has 0 fully saturated rings. The van der Waals surface area contributed by atoms with Crippen LogP contribution in [0.25, 0.3) is 10.2 Å². The summed E-state index contributed by atoms with van der Waals surface area (Å²) in [6.07, 6.45) is 1.48. The first-order valence-electron chi connectivity index (χ1n) is 9.73. The van der Waals surface area contributed by atoms with Crippen molar-refractivity contribution >= 4 is 38.6 Å². The van der Waals surface area contributed by atoms with Crippen molar-refractivity contribution in [3.8, 4) is 11.5 Å². The molecule has 1 N–H and O–H groups in total. The molecule has 0 amide bonds. The second-order valence-electron chi connectivity index (χ2n) is 6.90. The summed E-state index contributed by atoms with van der Waals surface area (Å²) in [7, 11) is 1.44. The van der Waals surface area contributed by atoms with Crippen LogP contribution in [0.2, 0.25) is 0 Å². The fourth-order valence-corrected chi connectivity index (χ4v) is 3.93. The Labute approximate surface area is 188 Å². The Balaban J connectivity index is 1.56. The summed E-state index contributed by atoms with van der Waals surface area (Å²) in [6, 6.07) is 18.5. The number of methoxy groups -OCH3 is 1. The van der Waals surface area contributed by atoms with Gasteiger partial charge in [0.1, 0.15) is 6.61 Å². The lowest BCUT2D eigenvalue weighted by atomic mass is 10.1. The summed E-state index contributed by atoms with van der Waals surface area (Å²) < 4.78 is 12.2. The summed E-state index contributed by atoms with van der Waals surface area (Å²) in [4.78, 5) is 15.7. The van der Waals surface area contributed by atoms with Crippen LogP contribution in [0.3, 0.4) is 0 Å². The van der Waals surface area contributed by atoms with E-state index in [-0.39, 0.29) is 23.8 Å². The van der Waals surface area contributed by atoms with Gasteiger partial charge < -0.3 is 9.47 Å². The molecule has 4 rings (SSSR count). The molecule has 0 radical (unpaired) electrons. The van der Waals surface area contributed by atoms with E-state index in [1.165, 1.54) is 30.7 Å². The zero-order valence-corrected chi connectivity index (χ0v) is 18.3. The monoisotopic (exact) mass is 448 g/mol. The van der Waals surface area contributed by atoms with E-state index in [0.717, 1.165) is 21.3 Å². The van der Waals surface area contributed by atoms with Crippen LogP contribution in [0, 0.1) is 17.0 Å². The highest BCUT2D eigenvalue weighted by Gasteiger charge is 2.22. The van der Waals surface area contributed by atoms with Gasteiger partial charge in [-0.15, -0.1) is 0 Å². The van der Waals surface area contributed by atoms with Crippen LogP contribution in [0.1, 0.15) is 16.7 Å². The fraction of sp³-hybridized carbons (Fsp3) is 0.130. The number of anilines is 1. The predicted octanol–water partition coefficient (Wildman–Crippen LogP) is 5.55. The number of hydrazone groups is 1. The smallest absolute Gasteiger partial charge is 0.315 e. The number of nitro groups is 1. The highest BCUT2D eigenvalue weighted by atomic mass is 32.1. The van der Waals surface area contributed by atoms with E-state index >= 15 is 0 Å². The first kappa shape index (κ1) is 21.3. The topological polar surface area (TPSA) is 98.9 Å². The van der Waals surface area contributed by atoms with Gasteiger partial charge in [0, 0.05) is 11.6 Å². The van der Waals surface area contributed by atoms with Crippen molar-refractivity contribution in [2.24, 2.45) is 5.10 Å². The maximum absolute atomic E-state index is 11.7. The molecule has 0 aliphatic rings. The van der Waals surface area contributed by atoms with Crippen LogP contribution in [-0.4, -0.2) is 23.2 Å². The Morgan fingerprint density at radius 3 is 2.72 bits per heavy atom. The van der Waals surface area contributed by atoms with E-state index in [2.05, 4.69) is 15.5 Å². The second kappa shape index (κ2) is 9.44. The molecule has 0 aliphatic carbocycles. The number of thiazole rings is 1. The van der Waals surface area contributed by atoms with Gasteiger partial charge >= 0.3 is 5.69 Å². The molecule has 0 saturated carbocycles. The first-order valence-corrected chi connectivity index (χ1v) is 10.5. The number of hydrogen-bond acceptors (Lipinski definition) is 8. The van der Waals surface area contributed by atoms with E-state index in [4.69, 9.17) is 9.47 Å². The molecule has 0 unspecified atom stereocenters. The molecule has 1 aromatic heterocycles. The largest absolute Gasteiger partial charge is 0.493 e. The molecule has 9 heteroatoms. The Morgan fingerprint density at radius 1 is 1.19 bits per heavy atom. The number of nitrogens with zero attached hydrogens (tertiary/aromatic N) is 3. The lowest BCUT2D eigenvalue weighted by Crippen LogP contribution is -2.04. The van der Waals surface area contributed by atoms with Crippen LogP contribution in [0.5, 0.6) is 11.5 Å². The van der Waals surface area contributed by atoms with Gasteiger partial charge in [0.05, 0.1) is 28.5 Å². The molecule has 162 valence electrons. The van der Waals surface area contributed by atoms with Crippen molar-refractivity contribution in [2.45, 2.75) is 13.5 Å². The number of hydrogen-bond donors (Lipinski definition) is 1. The molecule has 4 aromatic rings. The van der Waals surface area contributed by atoms with Gasteiger partial charge in [0.25, 0.3) is 0 Å². The summed E-state index contributed by atoms with van der Waals surface area (Å²) in [6.45, 7) is 2.15. The third-order valence-corrected chi connectivity index (χ3v) is 5.72. The second-order valence-corrected chi connectivity index (χ2v) is 7.93. The Hall–Kier alpha value is -3.98. The zero-order chi connectivity index (χ0) is 22.5. The maximum atomic E-state index is 11.7. The molecule has 0 atom stereocenters. The number of nitro benzene ring substituents is 1. The van der Waals surface area contributed by atoms with E-state index in [0.29, 0.717) is 10.7 Å². The van der Waals surface area contributed by atoms with E-state index in [1.807, 2.05) is 55.5 Å². The van der Waals surface area contributed by atoms with Crippen molar-refractivity contribution in [2.75, 3.05) is 12.5 Å². The van der Waals surface area contributed by atoms with Crippen LogP contribution in [0.15, 0.2) is 65.8 Å². The number of benzene rings is 3. The number of aryl methyl sites for hydroxylation is 1.